The van der Waals surface area contributed by atoms with Crippen molar-refractivity contribution in [2.75, 3.05) is 18.8 Å². The van der Waals surface area contributed by atoms with Crippen LogP contribution in [0.5, 0.6) is 5.75 Å². The van der Waals surface area contributed by atoms with Crippen LogP contribution < -0.4 is 11.2 Å². The maximum Gasteiger partial charge on any atom is 0.292 e. The molecule has 1 amide bonds. The van der Waals surface area contributed by atoms with Crippen molar-refractivity contribution in [1.29, 1.82) is 0 Å². The van der Waals surface area contributed by atoms with E-state index >= 15 is 0 Å². The molecule has 1 fully saturated rings. The first-order valence-corrected chi connectivity index (χ1v) is 9.98. The number of likely N-dealkylation sites (tertiary alicyclic amines) is 1. The second kappa shape index (κ2) is 9.10. The number of amides is 1. The molecule has 4 rings (SSSR count). The lowest BCUT2D eigenvalue weighted by molar-refractivity contribution is 0.0944. The summed E-state index contributed by atoms with van der Waals surface area (Å²) in [5, 5.41) is 29.6. The van der Waals surface area contributed by atoms with Gasteiger partial charge >= 0.3 is 0 Å². The number of nitrogen functional groups attached to an aromatic ring is 1. The predicted molar refractivity (Wildman–Crippen MR) is 111 cm³/mol. The van der Waals surface area contributed by atoms with Gasteiger partial charge in [0.25, 0.3) is 5.91 Å². The van der Waals surface area contributed by atoms with Gasteiger partial charge in [0.1, 0.15) is 11.4 Å². The Kier molecular flexibility index (Phi) is 6.09. The molecule has 0 spiro atoms. The van der Waals surface area contributed by atoms with E-state index in [1.54, 1.807) is 6.07 Å². The molecule has 31 heavy (non-hydrogen) atoms. The molecule has 2 aromatic heterocycles. The highest BCUT2D eigenvalue weighted by atomic mass is 35.5. The number of halogens is 1. The number of benzene rings is 1. The summed E-state index contributed by atoms with van der Waals surface area (Å²) in [6.07, 6.45) is 4.64. The van der Waals surface area contributed by atoms with Crippen LogP contribution in [0, 0.1) is 0 Å². The van der Waals surface area contributed by atoms with Crippen molar-refractivity contribution in [3.63, 3.8) is 0 Å². The molecular weight excluding hydrogens is 426 g/mol. The second-order valence-electron chi connectivity index (χ2n) is 7.01. The van der Waals surface area contributed by atoms with Crippen LogP contribution in [0.25, 0.3) is 5.82 Å². The summed E-state index contributed by atoms with van der Waals surface area (Å²) in [7, 11) is 0. The van der Waals surface area contributed by atoms with E-state index < -0.39 is 5.91 Å². The zero-order chi connectivity index (χ0) is 21.8. The summed E-state index contributed by atoms with van der Waals surface area (Å²) >= 11 is 5.93. The van der Waals surface area contributed by atoms with Gasteiger partial charge < -0.3 is 10.8 Å². The molecular formula is C18H20ClN9O3. The number of phenolic OH excluding ortho intramolecular Hbond substituents is 1. The van der Waals surface area contributed by atoms with Gasteiger partial charge in [-0.05, 0) is 54.4 Å². The van der Waals surface area contributed by atoms with Crippen molar-refractivity contribution in [2.24, 2.45) is 5.10 Å². The van der Waals surface area contributed by atoms with Crippen LogP contribution in [0.15, 0.2) is 27.9 Å². The van der Waals surface area contributed by atoms with Gasteiger partial charge in [0.2, 0.25) is 11.6 Å². The molecule has 0 unspecified atom stereocenters. The van der Waals surface area contributed by atoms with Gasteiger partial charge in [0.15, 0.2) is 5.69 Å². The smallest absolute Gasteiger partial charge is 0.292 e. The predicted octanol–water partition coefficient (Wildman–Crippen LogP) is 1.34. The fourth-order valence-corrected chi connectivity index (χ4v) is 3.48. The van der Waals surface area contributed by atoms with Gasteiger partial charge in [-0.25, -0.2) is 10.1 Å². The molecule has 0 radical (unpaired) electrons. The van der Waals surface area contributed by atoms with Gasteiger partial charge in [-0.2, -0.15) is 9.78 Å². The van der Waals surface area contributed by atoms with Crippen molar-refractivity contribution in [3.05, 3.63) is 40.2 Å². The lowest BCUT2D eigenvalue weighted by Gasteiger charge is -2.25. The highest BCUT2D eigenvalue weighted by Crippen LogP contribution is 2.20. The summed E-state index contributed by atoms with van der Waals surface area (Å²) in [6.45, 7) is 2.26. The lowest BCUT2D eigenvalue weighted by Crippen LogP contribution is -2.31. The number of nitrogens with two attached hydrogens (primary N) is 1. The molecule has 0 bridgehead atoms. The number of aromatic nitrogens is 5. The maximum atomic E-state index is 13.0. The molecule has 1 aliphatic rings. The molecule has 0 atom stereocenters. The zero-order valence-corrected chi connectivity index (χ0v) is 17.2. The number of rotatable bonds is 6. The molecule has 0 aliphatic carbocycles. The number of aromatic hydroxyl groups is 1. The van der Waals surface area contributed by atoms with Crippen molar-refractivity contribution >= 4 is 29.5 Å². The Morgan fingerprint density at radius 1 is 1.32 bits per heavy atom. The standard InChI is InChI=1S/C18H20ClN9O3/c19-12-4-5-14(29)11(8-12)9-21-23-18(30)15-13(10-27-6-2-1-3-7-27)22-26-28(15)17-16(20)24-31-25-17/h4-5,8-9,29H,1-3,6-7,10H2,(H2,20,24)(H,23,30). The number of piperidine rings is 1. The number of hydrogen-bond donors (Lipinski definition) is 3. The van der Waals surface area contributed by atoms with Gasteiger partial charge in [0, 0.05) is 17.1 Å². The van der Waals surface area contributed by atoms with Crippen LogP contribution in [-0.2, 0) is 6.54 Å². The number of hydrazone groups is 1. The Bertz CT molecular complexity index is 1100. The van der Waals surface area contributed by atoms with E-state index in [0.717, 1.165) is 25.9 Å². The van der Waals surface area contributed by atoms with Crippen LogP contribution in [0.1, 0.15) is 41.0 Å². The minimum Gasteiger partial charge on any atom is -0.507 e. The van der Waals surface area contributed by atoms with E-state index in [9.17, 15) is 9.90 Å². The molecule has 1 aromatic carbocycles. The Balaban J connectivity index is 1.60. The third-order valence-corrected chi connectivity index (χ3v) is 5.07. The molecule has 1 saturated heterocycles. The minimum absolute atomic E-state index is 0.0265. The first kappa shape index (κ1) is 20.8. The average molecular weight is 446 g/mol. The third-order valence-electron chi connectivity index (χ3n) is 4.83. The molecule has 0 saturated carbocycles. The van der Waals surface area contributed by atoms with E-state index in [4.69, 9.17) is 17.3 Å². The summed E-state index contributed by atoms with van der Waals surface area (Å²) in [6, 6.07) is 4.49. The average Bonchev–Trinajstić information content (AvgIpc) is 3.37. The molecule has 3 heterocycles. The van der Waals surface area contributed by atoms with Gasteiger partial charge in [-0.1, -0.05) is 23.2 Å². The molecule has 162 valence electrons. The third kappa shape index (κ3) is 4.64. The Hall–Kier alpha value is -3.51. The maximum absolute atomic E-state index is 13.0. The Morgan fingerprint density at radius 3 is 2.87 bits per heavy atom. The van der Waals surface area contributed by atoms with Crippen LogP contribution in [0.3, 0.4) is 0 Å². The molecule has 13 heteroatoms. The van der Waals surface area contributed by atoms with Crippen molar-refractivity contribution in [3.8, 4) is 11.6 Å². The highest BCUT2D eigenvalue weighted by Gasteiger charge is 2.26. The van der Waals surface area contributed by atoms with Gasteiger partial charge in [0.05, 0.1) is 6.21 Å². The van der Waals surface area contributed by atoms with E-state index in [0.29, 0.717) is 22.8 Å². The number of phenols is 1. The fourth-order valence-electron chi connectivity index (χ4n) is 3.30. The fraction of sp³-hybridized carbons (Fsp3) is 0.333. The first-order valence-electron chi connectivity index (χ1n) is 9.60. The first-order chi connectivity index (χ1) is 15.0. The molecule has 12 nitrogen and oxygen atoms in total. The van der Waals surface area contributed by atoms with Crippen molar-refractivity contribution in [2.45, 2.75) is 25.8 Å². The summed E-state index contributed by atoms with van der Waals surface area (Å²) < 4.78 is 5.80. The lowest BCUT2D eigenvalue weighted by atomic mass is 10.1. The molecule has 3 aromatic rings. The number of carbonyl (C=O) groups excluding carboxylic acids is 1. The van der Waals surface area contributed by atoms with Gasteiger partial charge in [-0.15, -0.1) is 5.10 Å². The quantitative estimate of drug-likeness (QED) is 0.375. The van der Waals surface area contributed by atoms with Crippen molar-refractivity contribution < 1.29 is 14.5 Å². The topological polar surface area (TPSA) is 161 Å². The SMILES string of the molecule is Nc1nonc1-n1nnc(CN2CCCCC2)c1C(=O)NN=Cc1cc(Cl)ccc1O. The van der Waals surface area contributed by atoms with E-state index in [1.165, 1.54) is 29.4 Å². The number of carbonyl (C=O) groups is 1. The summed E-state index contributed by atoms with van der Waals surface area (Å²) in [5.74, 6) is -0.589. The van der Waals surface area contributed by atoms with Crippen LogP contribution in [-0.4, -0.2) is 60.5 Å². The van der Waals surface area contributed by atoms with E-state index in [1.807, 2.05) is 0 Å². The number of nitrogens with one attached hydrogen (secondary N) is 1. The molecule has 1 aliphatic heterocycles. The van der Waals surface area contributed by atoms with E-state index in [-0.39, 0.29) is 23.1 Å². The van der Waals surface area contributed by atoms with Gasteiger partial charge in [-0.3, -0.25) is 9.69 Å². The monoisotopic (exact) mass is 445 g/mol. The normalized spacial score (nSPS) is 14.9. The Labute approximate surface area is 181 Å². The van der Waals surface area contributed by atoms with Crippen LogP contribution >= 0.6 is 11.6 Å². The van der Waals surface area contributed by atoms with Crippen LogP contribution in [0.4, 0.5) is 5.82 Å². The number of anilines is 1. The highest BCUT2D eigenvalue weighted by molar-refractivity contribution is 6.30. The summed E-state index contributed by atoms with van der Waals surface area (Å²) in [5.41, 5.74) is 9.09. The summed E-state index contributed by atoms with van der Waals surface area (Å²) in [4.78, 5) is 15.2. The zero-order valence-electron chi connectivity index (χ0n) is 16.4. The second-order valence-corrected chi connectivity index (χ2v) is 7.45. The Morgan fingerprint density at radius 2 is 2.13 bits per heavy atom. The van der Waals surface area contributed by atoms with Crippen LogP contribution in [0.2, 0.25) is 5.02 Å². The molecule has 4 N–H and O–H groups in total. The van der Waals surface area contributed by atoms with E-state index in [2.05, 4.69) is 40.7 Å². The number of nitrogens with zero attached hydrogens (tertiary/aromatic N) is 7. The largest absolute Gasteiger partial charge is 0.507 e. The minimum atomic E-state index is -0.586. The van der Waals surface area contributed by atoms with Crippen molar-refractivity contribution in [1.82, 2.24) is 35.6 Å². The number of hydrogen-bond acceptors (Lipinski definition) is 10.